The number of sulfone groups is 1. The predicted octanol–water partition coefficient (Wildman–Crippen LogP) is 2.84. The van der Waals surface area contributed by atoms with Crippen LogP contribution in [0.25, 0.3) is 0 Å². The molecule has 1 N–H and O–H groups in total. The van der Waals surface area contributed by atoms with Crippen molar-refractivity contribution in [3.05, 3.63) is 53.6 Å². The van der Waals surface area contributed by atoms with Gasteiger partial charge in [-0.25, -0.2) is 8.42 Å². The number of hydrogen-bond donors (Lipinski definition) is 1. The monoisotopic (exact) mass is 386 g/mol. The van der Waals surface area contributed by atoms with Gasteiger partial charge in [-0.15, -0.1) is 0 Å². The van der Waals surface area contributed by atoms with Crippen LogP contribution in [0, 0.1) is 13.8 Å². The largest absolute Gasteiger partial charge is 0.324 e. The summed E-state index contributed by atoms with van der Waals surface area (Å²) >= 11 is 0. The zero-order valence-electron chi connectivity index (χ0n) is 15.5. The maximum absolute atomic E-state index is 12.7. The second-order valence-electron chi connectivity index (χ2n) is 6.87. The van der Waals surface area contributed by atoms with Gasteiger partial charge < -0.3 is 10.2 Å². The SMILES string of the molecule is Cc1ccc(NC(=O)CN2C(=O)CC(C)S(=O)(=O)c3ccccc32)c(C)c1. The standard InChI is InChI=1S/C20H22N2O4S/c1-13-8-9-16(14(2)10-13)21-19(23)12-22-17-6-4-5-7-18(17)27(25,26)15(3)11-20(22)24/h4-10,15H,11-12H2,1-3H3,(H,21,23). The topological polar surface area (TPSA) is 83.6 Å². The molecule has 1 aliphatic heterocycles. The summed E-state index contributed by atoms with van der Waals surface area (Å²) in [5, 5.41) is 1.97. The molecule has 0 radical (unpaired) electrons. The molecule has 0 saturated heterocycles. The first-order chi connectivity index (χ1) is 12.7. The highest BCUT2D eigenvalue weighted by molar-refractivity contribution is 7.92. The Morgan fingerprint density at radius 1 is 1.19 bits per heavy atom. The van der Waals surface area contributed by atoms with Crippen molar-refractivity contribution in [3.8, 4) is 0 Å². The fraction of sp³-hybridized carbons (Fsp3) is 0.300. The van der Waals surface area contributed by atoms with Gasteiger partial charge in [-0.2, -0.15) is 0 Å². The van der Waals surface area contributed by atoms with Gasteiger partial charge in [-0.05, 0) is 44.5 Å². The maximum atomic E-state index is 12.7. The number of aryl methyl sites for hydroxylation is 2. The van der Waals surface area contributed by atoms with Crippen molar-refractivity contribution in [2.45, 2.75) is 37.3 Å². The number of carbonyl (C=O) groups excluding carboxylic acids is 2. The van der Waals surface area contributed by atoms with Crippen LogP contribution in [-0.2, 0) is 19.4 Å². The summed E-state index contributed by atoms with van der Waals surface area (Å²) in [6, 6.07) is 12.0. The van der Waals surface area contributed by atoms with Gasteiger partial charge in [-0.3, -0.25) is 9.59 Å². The normalized spacial score (nSPS) is 18.6. The highest BCUT2D eigenvalue weighted by Gasteiger charge is 2.36. The first-order valence-electron chi connectivity index (χ1n) is 8.70. The summed E-state index contributed by atoms with van der Waals surface area (Å²) in [6.45, 7) is 5.13. The molecule has 3 rings (SSSR count). The van der Waals surface area contributed by atoms with Crippen LogP contribution >= 0.6 is 0 Å². The molecular formula is C20H22N2O4S. The second-order valence-corrected chi connectivity index (χ2v) is 9.21. The van der Waals surface area contributed by atoms with Gasteiger partial charge in [0, 0.05) is 12.1 Å². The zero-order valence-corrected chi connectivity index (χ0v) is 16.3. The lowest BCUT2D eigenvalue weighted by atomic mass is 10.1. The van der Waals surface area contributed by atoms with Gasteiger partial charge in [-0.1, -0.05) is 29.8 Å². The van der Waals surface area contributed by atoms with E-state index in [0.717, 1.165) is 11.1 Å². The quantitative estimate of drug-likeness (QED) is 0.879. The van der Waals surface area contributed by atoms with E-state index in [-0.39, 0.29) is 35.4 Å². The molecule has 0 aromatic heterocycles. The third-order valence-corrected chi connectivity index (χ3v) is 6.90. The molecule has 1 unspecified atom stereocenters. The van der Waals surface area contributed by atoms with Gasteiger partial charge in [0.25, 0.3) is 0 Å². The summed E-state index contributed by atoms with van der Waals surface area (Å²) in [5.41, 5.74) is 2.92. The number of hydrogen-bond acceptors (Lipinski definition) is 4. The van der Waals surface area contributed by atoms with E-state index in [1.807, 2.05) is 32.0 Å². The Morgan fingerprint density at radius 3 is 2.59 bits per heavy atom. The van der Waals surface area contributed by atoms with Crippen molar-refractivity contribution in [3.63, 3.8) is 0 Å². The number of para-hydroxylation sites is 1. The summed E-state index contributed by atoms with van der Waals surface area (Å²) in [4.78, 5) is 26.6. The Morgan fingerprint density at radius 2 is 1.89 bits per heavy atom. The highest BCUT2D eigenvalue weighted by Crippen LogP contribution is 2.33. The molecule has 27 heavy (non-hydrogen) atoms. The number of rotatable bonds is 3. The van der Waals surface area contributed by atoms with Crippen molar-refractivity contribution in [2.75, 3.05) is 16.8 Å². The van der Waals surface area contributed by atoms with E-state index in [9.17, 15) is 18.0 Å². The summed E-state index contributed by atoms with van der Waals surface area (Å²) < 4.78 is 25.4. The fourth-order valence-corrected chi connectivity index (χ4v) is 4.73. The Bertz CT molecular complexity index is 1010. The molecule has 1 aliphatic rings. The molecule has 7 heteroatoms. The summed E-state index contributed by atoms with van der Waals surface area (Å²) in [6.07, 6.45) is -0.159. The average molecular weight is 386 g/mol. The number of benzene rings is 2. The van der Waals surface area contributed by atoms with Crippen molar-refractivity contribution >= 4 is 33.0 Å². The summed E-state index contributed by atoms with van der Waals surface area (Å²) in [5.74, 6) is -0.760. The van der Waals surface area contributed by atoms with Gasteiger partial charge in [0.15, 0.2) is 9.84 Å². The number of anilines is 2. The first kappa shape index (κ1) is 19.1. The third-order valence-electron chi connectivity index (χ3n) is 4.71. The minimum Gasteiger partial charge on any atom is -0.324 e. The molecular weight excluding hydrogens is 364 g/mol. The van der Waals surface area contributed by atoms with E-state index in [1.165, 1.54) is 17.9 Å². The third kappa shape index (κ3) is 3.73. The van der Waals surface area contributed by atoms with E-state index >= 15 is 0 Å². The van der Waals surface area contributed by atoms with E-state index in [1.54, 1.807) is 18.2 Å². The molecule has 2 aromatic carbocycles. The molecule has 142 valence electrons. The molecule has 2 aromatic rings. The molecule has 0 aliphatic carbocycles. The smallest absolute Gasteiger partial charge is 0.244 e. The maximum Gasteiger partial charge on any atom is 0.244 e. The van der Waals surface area contributed by atoms with Crippen molar-refractivity contribution in [1.29, 1.82) is 0 Å². The van der Waals surface area contributed by atoms with Crippen LogP contribution in [0.1, 0.15) is 24.5 Å². The predicted molar refractivity (Wildman–Crippen MR) is 105 cm³/mol. The van der Waals surface area contributed by atoms with Crippen LogP contribution in [0.3, 0.4) is 0 Å². The fourth-order valence-electron chi connectivity index (χ4n) is 3.20. The molecule has 0 bridgehead atoms. The lowest BCUT2D eigenvalue weighted by Gasteiger charge is -2.22. The Kier molecular flexibility index (Phi) is 5.06. The Balaban J connectivity index is 1.91. The van der Waals surface area contributed by atoms with E-state index in [4.69, 9.17) is 0 Å². The summed E-state index contributed by atoms with van der Waals surface area (Å²) in [7, 11) is -3.62. The van der Waals surface area contributed by atoms with Crippen LogP contribution in [0.5, 0.6) is 0 Å². The number of nitrogens with zero attached hydrogens (tertiary/aromatic N) is 1. The van der Waals surface area contributed by atoms with E-state index in [0.29, 0.717) is 5.69 Å². The van der Waals surface area contributed by atoms with Gasteiger partial charge in [0.05, 0.1) is 15.8 Å². The van der Waals surface area contributed by atoms with Crippen molar-refractivity contribution in [2.24, 2.45) is 0 Å². The number of amides is 2. The molecule has 0 saturated carbocycles. The minimum atomic E-state index is -3.62. The highest BCUT2D eigenvalue weighted by atomic mass is 32.2. The van der Waals surface area contributed by atoms with Crippen molar-refractivity contribution < 1.29 is 18.0 Å². The van der Waals surface area contributed by atoms with Crippen LogP contribution in [0.15, 0.2) is 47.4 Å². The van der Waals surface area contributed by atoms with E-state index in [2.05, 4.69) is 5.32 Å². The van der Waals surface area contributed by atoms with Crippen molar-refractivity contribution in [1.82, 2.24) is 0 Å². The Labute approximate surface area is 159 Å². The van der Waals surface area contributed by atoms with Gasteiger partial charge in [0.1, 0.15) is 6.54 Å². The molecule has 2 amide bonds. The van der Waals surface area contributed by atoms with Gasteiger partial charge in [0.2, 0.25) is 11.8 Å². The zero-order chi connectivity index (χ0) is 19.8. The first-order valence-corrected chi connectivity index (χ1v) is 10.2. The minimum absolute atomic E-state index is 0.0858. The second kappa shape index (κ2) is 7.15. The van der Waals surface area contributed by atoms with Crippen LogP contribution in [-0.4, -0.2) is 32.0 Å². The molecule has 1 heterocycles. The number of carbonyl (C=O) groups is 2. The number of nitrogens with one attached hydrogen (secondary N) is 1. The van der Waals surface area contributed by atoms with Crippen LogP contribution < -0.4 is 10.2 Å². The molecule has 1 atom stereocenters. The molecule has 0 fully saturated rings. The average Bonchev–Trinajstić information content (AvgIpc) is 2.67. The lowest BCUT2D eigenvalue weighted by molar-refractivity contribution is -0.121. The number of fused-ring (bicyclic) bond motifs is 1. The molecule has 6 nitrogen and oxygen atoms in total. The lowest BCUT2D eigenvalue weighted by Crippen LogP contribution is -2.38. The van der Waals surface area contributed by atoms with Gasteiger partial charge >= 0.3 is 0 Å². The van der Waals surface area contributed by atoms with E-state index < -0.39 is 15.1 Å². The van der Waals surface area contributed by atoms with Crippen LogP contribution in [0.2, 0.25) is 0 Å². The Hall–Kier alpha value is -2.67. The molecule has 0 spiro atoms. The van der Waals surface area contributed by atoms with Crippen LogP contribution in [0.4, 0.5) is 11.4 Å².